The summed E-state index contributed by atoms with van der Waals surface area (Å²) in [6.45, 7) is 4.84. The van der Waals surface area contributed by atoms with Gasteiger partial charge >= 0.3 is 0 Å². The molecule has 0 atom stereocenters. The fourth-order valence-corrected chi connectivity index (χ4v) is 6.06. The third-order valence-electron chi connectivity index (χ3n) is 6.21. The summed E-state index contributed by atoms with van der Waals surface area (Å²) in [5, 5.41) is 15.2. The molecule has 0 saturated carbocycles. The van der Waals surface area contributed by atoms with E-state index in [1.54, 1.807) is 25.1 Å². The van der Waals surface area contributed by atoms with Crippen LogP contribution in [-0.4, -0.2) is 42.5 Å². The van der Waals surface area contributed by atoms with E-state index in [2.05, 4.69) is 17.5 Å². The minimum absolute atomic E-state index is 0.0959. The number of hydrogen-bond donors (Lipinski definition) is 2. The molecule has 0 bridgehead atoms. The molecule has 0 radical (unpaired) electrons. The molecular weight excluding hydrogens is 450 g/mol. The average molecular weight is 476 g/mol. The van der Waals surface area contributed by atoms with Gasteiger partial charge in [-0.15, -0.1) is 0 Å². The van der Waals surface area contributed by atoms with Gasteiger partial charge in [-0.25, -0.2) is 13.8 Å². The number of phenols is 1. The van der Waals surface area contributed by atoms with E-state index < -0.39 is 15.9 Å². The van der Waals surface area contributed by atoms with E-state index in [1.165, 1.54) is 16.4 Å². The monoisotopic (exact) mass is 475 g/mol. The van der Waals surface area contributed by atoms with Gasteiger partial charge in [-0.3, -0.25) is 4.79 Å². The Morgan fingerprint density at radius 2 is 1.94 bits per heavy atom. The molecule has 2 N–H and O–H groups in total. The van der Waals surface area contributed by atoms with E-state index in [0.29, 0.717) is 53.7 Å². The summed E-state index contributed by atoms with van der Waals surface area (Å²) in [5.74, 6) is 0.101. The third-order valence-corrected chi connectivity index (χ3v) is 8.44. The summed E-state index contributed by atoms with van der Waals surface area (Å²) >= 11 is 6.29. The van der Waals surface area contributed by atoms with Crippen LogP contribution < -0.4 is 5.43 Å². The molecule has 32 heavy (non-hydrogen) atoms. The van der Waals surface area contributed by atoms with Crippen LogP contribution in [-0.2, 0) is 16.4 Å². The fourth-order valence-electron chi connectivity index (χ4n) is 4.20. The third kappa shape index (κ3) is 4.27. The number of halogens is 1. The van der Waals surface area contributed by atoms with Crippen molar-refractivity contribution in [1.29, 1.82) is 0 Å². The number of hydrazone groups is 1. The maximum absolute atomic E-state index is 13.0. The van der Waals surface area contributed by atoms with Crippen molar-refractivity contribution in [2.45, 2.75) is 44.4 Å². The molecule has 7 nitrogen and oxygen atoms in total. The standard InChI is InChI=1S/C23H26ClN3O4S/c1-14-8-10-27(11-9-14)32(30,31)17-5-3-4-16(13-17)23(29)26-25-20-7-6-18-19(24)12-15(2)22(28)21(18)20/h3-5,12-14,28H,6-11H2,1-2H3,(H,26,29)/b25-20-. The van der Waals surface area contributed by atoms with Gasteiger partial charge in [0.05, 0.1) is 10.6 Å². The second kappa shape index (κ2) is 8.84. The Bertz CT molecular complexity index is 1200. The first kappa shape index (κ1) is 22.8. The van der Waals surface area contributed by atoms with Crippen molar-refractivity contribution in [3.8, 4) is 5.75 Å². The summed E-state index contributed by atoms with van der Waals surface area (Å²) in [7, 11) is -3.66. The second-order valence-electron chi connectivity index (χ2n) is 8.49. The van der Waals surface area contributed by atoms with Crippen LogP contribution in [0.1, 0.15) is 53.2 Å². The molecule has 9 heteroatoms. The number of amides is 1. The van der Waals surface area contributed by atoms with Gasteiger partial charge in [0.2, 0.25) is 10.0 Å². The van der Waals surface area contributed by atoms with Crippen LogP contribution in [0.15, 0.2) is 40.3 Å². The van der Waals surface area contributed by atoms with Gasteiger partial charge in [-0.2, -0.15) is 9.41 Å². The predicted octanol–water partition coefficient (Wildman–Crippen LogP) is 3.85. The van der Waals surface area contributed by atoms with Crippen molar-refractivity contribution < 1.29 is 18.3 Å². The van der Waals surface area contributed by atoms with E-state index in [-0.39, 0.29) is 16.2 Å². The number of aryl methyl sites for hydroxylation is 1. The number of sulfonamides is 1. The molecule has 1 fully saturated rings. The zero-order valence-electron chi connectivity index (χ0n) is 18.1. The highest BCUT2D eigenvalue weighted by Crippen LogP contribution is 2.37. The van der Waals surface area contributed by atoms with Gasteiger partial charge in [-0.1, -0.05) is 24.6 Å². The first-order chi connectivity index (χ1) is 15.2. The lowest BCUT2D eigenvalue weighted by Gasteiger charge is -2.29. The van der Waals surface area contributed by atoms with Gasteiger partial charge < -0.3 is 5.11 Å². The Kier molecular flexibility index (Phi) is 6.29. The highest BCUT2D eigenvalue weighted by molar-refractivity contribution is 7.89. The molecule has 1 amide bonds. The van der Waals surface area contributed by atoms with Gasteiger partial charge in [0.25, 0.3) is 5.91 Å². The summed E-state index contributed by atoms with van der Waals surface area (Å²) < 4.78 is 27.5. The number of carbonyl (C=O) groups is 1. The quantitative estimate of drug-likeness (QED) is 0.656. The smallest absolute Gasteiger partial charge is 0.271 e. The first-order valence-corrected chi connectivity index (χ1v) is 12.5. The van der Waals surface area contributed by atoms with Crippen LogP contribution in [0.25, 0.3) is 0 Å². The zero-order valence-corrected chi connectivity index (χ0v) is 19.6. The number of piperidine rings is 1. The number of phenolic OH excluding ortho intramolecular Hbond substituents is 1. The zero-order chi connectivity index (χ0) is 23.0. The highest BCUT2D eigenvalue weighted by atomic mass is 35.5. The Balaban J connectivity index is 1.54. The molecule has 4 rings (SSSR count). The van der Waals surface area contributed by atoms with Crippen molar-refractivity contribution in [2.75, 3.05) is 13.1 Å². The summed E-state index contributed by atoms with van der Waals surface area (Å²) in [5.41, 5.74) is 5.25. The predicted molar refractivity (Wildman–Crippen MR) is 124 cm³/mol. The molecule has 1 aliphatic carbocycles. The second-order valence-corrected chi connectivity index (χ2v) is 10.8. The minimum Gasteiger partial charge on any atom is -0.507 e. The van der Waals surface area contributed by atoms with Crippen molar-refractivity contribution in [1.82, 2.24) is 9.73 Å². The molecule has 2 aromatic rings. The number of rotatable bonds is 4. The van der Waals surface area contributed by atoms with Crippen molar-refractivity contribution in [3.05, 3.63) is 57.6 Å². The number of nitrogens with zero attached hydrogens (tertiary/aromatic N) is 2. The van der Waals surface area contributed by atoms with Crippen LogP contribution >= 0.6 is 11.6 Å². The van der Waals surface area contributed by atoms with Crippen molar-refractivity contribution in [2.24, 2.45) is 11.0 Å². The molecule has 0 aromatic heterocycles. The molecule has 2 aliphatic rings. The van der Waals surface area contributed by atoms with Crippen molar-refractivity contribution >= 4 is 33.2 Å². The van der Waals surface area contributed by atoms with Crippen molar-refractivity contribution in [3.63, 3.8) is 0 Å². The number of benzene rings is 2. The van der Waals surface area contributed by atoms with Crippen LogP contribution in [0.2, 0.25) is 5.02 Å². The number of aromatic hydroxyl groups is 1. The Morgan fingerprint density at radius 1 is 1.22 bits per heavy atom. The summed E-state index contributed by atoms with van der Waals surface area (Å²) in [6.07, 6.45) is 2.82. The highest BCUT2D eigenvalue weighted by Gasteiger charge is 2.29. The maximum atomic E-state index is 13.0. The van der Waals surface area contributed by atoms with Crippen LogP contribution in [0, 0.1) is 12.8 Å². The number of nitrogens with one attached hydrogen (secondary N) is 1. The van der Waals surface area contributed by atoms with E-state index in [4.69, 9.17) is 11.6 Å². The molecule has 0 spiro atoms. The Morgan fingerprint density at radius 3 is 2.66 bits per heavy atom. The lowest BCUT2D eigenvalue weighted by molar-refractivity contribution is 0.0954. The first-order valence-electron chi connectivity index (χ1n) is 10.7. The topological polar surface area (TPSA) is 99.1 Å². The number of carbonyl (C=O) groups excluding carboxylic acids is 1. The lowest BCUT2D eigenvalue weighted by atomic mass is 10.0. The minimum atomic E-state index is -3.66. The average Bonchev–Trinajstić information content (AvgIpc) is 3.21. The molecule has 1 aliphatic heterocycles. The SMILES string of the molecule is Cc1cc(Cl)c2c(c1O)/C(=N\NC(=O)c1cccc(S(=O)(=O)N3CCC(C)CC3)c1)CC2. The Labute approximate surface area is 193 Å². The van der Waals surface area contributed by atoms with Gasteiger partial charge in [0, 0.05) is 29.2 Å². The van der Waals surface area contributed by atoms with Gasteiger partial charge in [0.15, 0.2) is 0 Å². The fraction of sp³-hybridized carbons (Fsp3) is 0.391. The van der Waals surface area contributed by atoms with E-state index in [9.17, 15) is 18.3 Å². The lowest BCUT2D eigenvalue weighted by Crippen LogP contribution is -2.38. The number of hydrogen-bond acceptors (Lipinski definition) is 5. The summed E-state index contributed by atoms with van der Waals surface area (Å²) in [6, 6.07) is 7.71. The molecule has 0 unspecified atom stereocenters. The van der Waals surface area contributed by atoms with E-state index >= 15 is 0 Å². The van der Waals surface area contributed by atoms with Gasteiger partial charge in [-0.05, 0) is 73.9 Å². The largest absolute Gasteiger partial charge is 0.507 e. The van der Waals surface area contributed by atoms with Crippen LogP contribution in [0.4, 0.5) is 0 Å². The molecular formula is C23H26ClN3O4S. The molecule has 1 heterocycles. The van der Waals surface area contributed by atoms with Crippen LogP contribution in [0.5, 0.6) is 5.75 Å². The maximum Gasteiger partial charge on any atom is 0.271 e. The molecule has 1 saturated heterocycles. The molecule has 170 valence electrons. The Hall–Kier alpha value is -2.42. The van der Waals surface area contributed by atoms with Crippen LogP contribution in [0.3, 0.4) is 0 Å². The van der Waals surface area contributed by atoms with E-state index in [1.807, 2.05) is 0 Å². The van der Waals surface area contributed by atoms with E-state index in [0.717, 1.165) is 18.4 Å². The summed E-state index contributed by atoms with van der Waals surface area (Å²) in [4.78, 5) is 12.8. The normalized spacial score (nSPS) is 18.7. The number of fused-ring (bicyclic) bond motifs is 1. The molecule has 2 aromatic carbocycles. The van der Waals surface area contributed by atoms with Gasteiger partial charge in [0.1, 0.15) is 5.75 Å².